The maximum atomic E-state index is 5.47. The Morgan fingerprint density at radius 2 is 1.82 bits per heavy atom. The molecule has 8 heteroatoms. The smallest absolute Gasteiger partial charge is 0.225 e. The zero-order valence-corrected chi connectivity index (χ0v) is 11.1. The molecular formula is C9H9BrN6S. The Hall–Kier alpha value is -1.41. The lowest BCUT2D eigenvalue weighted by Gasteiger charge is -2.01. The Labute approximate surface area is 110 Å². The van der Waals surface area contributed by atoms with Gasteiger partial charge in [-0.1, -0.05) is 11.8 Å². The van der Waals surface area contributed by atoms with E-state index in [4.69, 9.17) is 11.5 Å². The van der Waals surface area contributed by atoms with Crippen LogP contribution in [-0.4, -0.2) is 19.9 Å². The number of nitrogen functional groups attached to an aromatic ring is 2. The van der Waals surface area contributed by atoms with E-state index in [0.717, 1.165) is 9.50 Å². The number of pyridine rings is 1. The quantitative estimate of drug-likeness (QED) is 0.827. The maximum Gasteiger partial charge on any atom is 0.225 e. The Kier molecular flexibility index (Phi) is 3.75. The highest BCUT2D eigenvalue weighted by molar-refractivity contribution is 9.10. The summed E-state index contributed by atoms with van der Waals surface area (Å²) in [6, 6.07) is 3.83. The molecule has 0 spiro atoms. The molecule has 88 valence electrons. The molecule has 2 aromatic heterocycles. The largest absolute Gasteiger partial charge is 0.368 e. The minimum Gasteiger partial charge on any atom is -0.368 e. The molecule has 0 radical (unpaired) electrons. The molecule has 4 N–H and O–H groups in total. The van der Waals surface area contributed by atoms with E-state index >= 15 is 0 Å². The Balaban J connectivity index is 2.04. The Bertz CT molecular complexity index is 497. The van der Waals surface area contributed by atoms with Gasteiger partial charge in [0.25, 0.3) is 0 Å². The summed E-state index contributed by atoms with van der Waals surface area (Å²) in [5.74, 6) is 1.37. The van der Waals surface area contributed by atoms with Crippen LogP contribution in [0.15, 0.2) is 27.8 Å². The topological polar surface area (TPSA) is 104 Å². The van der Waals surface area contributed by atoms with Gasteiger partial charge < -0.3 is 11.5 Å². The normalized spacial score (nSPS) is 10.4. The summed E-state index contributed by atoms with van der Waals surface area (Å²) in [5, 5.41) is 0.880. The molecule has 0 bridgehead atoms. The second-order valence-corrected chi connectivity index (χ2v) is 4.98. The van der Waals surface area contributed by atoms with Crippen LogP contribution in [0.1, 0.15) is 5.82 Å². The summed E-state index contributed by atoms with van der Waals surface area (Å²) in [6.07, 6.45) is 1.73. The molecular weight excluding hydrogens is 304 g/mol. The van der Waals surface area contributed by atoms with Gasteiger partial charge in [0.1, 0.15) is 5.82 Å². The van der Waals surface area contributed by atoms with Crippen molar-refractivity contribution < 1.29 is 0 Å². The van der Waals surface area contributed by atoms with Gasteiger partial charge in [0.15, 0.2) is 0 Å². The average Bonchev–Trinajstić information content (AvgIpc) is 2.27. The fourth-order valence-electron chi connectivity index (χ4n) is 1.11. The molecule has 0 aliphatic heterocycles. The first-order chi connectivity index (χ1) is 8.13. The highest BCUT2D eigenvalue weighted by Crippen LogP contribution is 2.20. The number of halogens is 1. The number of rotatable bonds is 3. The van der Waals surface area contributed by atoms with Crippen molar-refractivity contribution in [1.82, 2.24) is 19.9 Å². The first kappa shape index (κ1) is 12.1. The summed E-state index contributed by atoms with van der Waals surface area (Å²) in [4.78, 5) is 15.9. The summed E-state index contributed by atoms with van der Waals surface area (Å²) in [7, 11) is 0. The van der Waals surface area contributed by atoms with Crippen molar-refractivity contribution in [3.8, 4) is 0 Å². The van der Waals surface area contributed by atoms with Crippen LogP contribution in [-0.2, 0) is 5.75 Å². The van der Waals surface area contributed by atoms with E-state index < -0.39 is 0 Å². The summed E-state index contributed by atoms with van der Waals surface area (Å²) >= 11 is 4.83. The molecule has 0 atom stereocenters. The van der Waals surface area contributed by atoms with Crippen LogP contribution in [0.2, 0.25) is 0 Å². The summed E-state index contributed by atoms with van der Waals surface area (Å²) in [5.41, 5.74) is 10.9. The molecule has 0 amide bonds. The highest BCUT2D eigenvalue weighted by Gasteiger charge is 2.03. The van der Waals surface area contributed by atoms with Crippen molar-refractivity contribution in [2.45, 2.75) is 10.8 Å². The first-order valence-corrected chi connectivity index (χ1v) is 6.41. The van der Waals surface area contributed by atoms with Crippen molar-refractivity contribution in [3.63, 3.8) is 0 Å². The highest BCUT2D eigenvalue weighted by atomic mass is 79.9. The van der Waals surface area contributed by atoms with Gasteiger partial charge in [0.05, 0.1) is 10.8 Å². The van der Waals surface area contributed by atoms with Crippen LogP contribution in [0, 0.1) is 0 Å². The Morgan fingerprint density at radius 1 is 1.12 bits per heavy atom. The second-order valence-electron chi connectivity index (χ2n) is 3.07. The lowest BCUT2D eigenvalue weighted by Crippen LogP contribution is -2.05. The van der Waals surface area contributed by atoms with Gasteiger partial charge >= 0.3 is 0 Å². The molecule has 6 nitrogen and oxygen atoms in total. The number of nitrogens with two attached hydrogens (primary N) is 2. The summed E-state index contributed by atoms with van der Waals surface area (Å²) in [6.45, 7) is 0. The predicted octanol–water partition coefficient (Wildman–Crippen LogP) is 1.49. The molecule has 0 saturated carbocycles. The number of hydrogen-bond acceptors (Lipinski definition) is 7. The molecule has 2 heterocycles. The van der Waals surface area contributed by atoms with Gasteiger partial charge in [-0.3, -0.25) is 0 Å². The van der Waals surface area contributed by atoms with Gasteiger partial charge in [-0.25, -0.2) is 4.98 Å². The SMILES string of the molecule is Nc1nc(N)nc(CSc2ccc(Br)cn2)n1. The third kappa shape index (κ3) is 3.53. The molecule has 2 rings (SSSR count). The molecule has 0 aromatic carbocycles. The number of thioether (sulfide) groups is 1. The zero-order chi connectivity index (χ0) is 12.3. The Morgan fingerprint density at radius 3 is 2.41 bits per heavy atom. The molecule has 0 aliphatic carbocycles. The van der Waals surface area contributed by atoms with Crippen molar-refractivity contribution in [1.29, 1.82) is 0 Å². The van der Waals surface area contributed by atoms with E-state index in [1.807, 2.05) is 12.1 Å². The summed E-state index contributed by atoms with van der Waals surface area (Å²) < 4.78 is 0.940. The van der Waals surface area contributed by atoms with Gasteiger partial charge in [-0.15, -0.1) is 0 Å². The minimum atomic E-state index is 0.136. The first-order valence-electron chi connectivity index (χ1n) is 4.64. The number of aromatic nitrogens is 4. The molecule has 0 aliphatic rings. The van der Waals surface area contributed by atoms with Crippen molar-refractivity contribution in [3.05, 3.63) is 28.6 Å². The number of anilines is 2. The van der Waals surface area contributed by atoms with Gasteiger partial charge in [-0.05, 0) is 28.1 Å². The van der Waals surface area contributed by atoms with Gasteiger partial charge in [0.2, 0.25) is 11.9 Å². The third-order valence-corrected chi connectivity index (χ3v) is 3.17. The van der Waals surface area contributed by atoms with Gasteiger partial charge in [0, 0.05) is 10.7 Å². The predicted molar refractivity (Wildman–Crippen MR) is 70.1 cm³/mol. The molecule has 0 unspecified atom stereocenters. The fourth-order valence-corrected chi connectivity index (χ4v) is 2.04. The van der Waals surface area contributed by atoms with Crippen LogP contribution in [0.3, 0.4) is 0 Å². The van der Waals surface area contributed by atoms with Crippen LogP contribution >= 0.6 is 27.7 Å². The van der Waals surface area contributed by atoms with Crippen LogP contribution in [0.4, 0.5) is 11.9 Å². The third-order valence-electron chi connectivity index (χ3n) is 1.77. The lowest BCUT2D eigenvalue weighted by atomic mass is 10.5. The van der Waals surface area contributed by atoms with Crippen molar-refractivity contribution in [2.75, 3.05) is 11.5 Å². The van der Waals surface area contributed by atoms with E-state index in [2.05, 4.69) is 35.9 Å². The van der Waals surface area contributed by atoms with E-state index in [0.29, 0.717) is 11.6 Å². The fraction of sp³-hybridized carbons (Fsp3) is 0.111. The standard InChI is InChI=1S/C9H9BrN6S/c10-5-1-2-7(13-3-5)17-4-6-14-8(11)16-9(12)15-6/h1-3H,4H2,(H4,11,12,14,15,16). The molecule has 0 saturated heterocycles. The van der Waals surface area contributed by atoms with Crippen LogP contribution < -0.4 is 11.5 Å². The van der Waals surface area contributed by atoms with E-state index in [1.165, 1.54) is 11.8 Å². The van der Waals surface area contributed by atoms with Gasteiger partial charge in [-0.2, -0.15) is 15.0 Å². The number of hydrogen-bond donors (Lipinski definition) is 2. The monoisotopic (exact) mass is 312 g/mol. The molecule has 2 aromatic rings. The molecule has 0 fully saturated rings. The average molecular weight is 313 g/mol. The molecule has 17 heavy (non-hydrogen) atoms. The van der Waals surface area contributed by atoms with Crippen molar-refractivity contribution in [2.24, 2.45) is 0 Å². The van der Waals surface area contributed by atoms with E-state index in [1.54, 1.807) is 6.20 Å². The lowest BCUT2D eigenvalue weighted by molar-refractivity contribution is 0.984. The zero-order valence-electron chi connectivity index (χ0n) is 8.67. The van der Waals surface area contributed by atoms with Crippen LogP contribution in [0.5, 0.6) is 0 Å². The van der Waals surface area contributed by atoms with E-state index in [-0.39, 0.29) is 11.9 Å². The van der Waals surface area contributed by atoms with E-state index in [9.17, 15) is 0 Å². The maximum absolute atomic E-state index is 5.47. The number of nitrogens with zero attached hydrogens (tertiary/aromatic N) is 4. The van der Waals surface area contributed by atoms with Crippen LogP contribution in [0.25, 0.3) is 0 Å². The second kappa shape index (κ2) is 5.28. The minimum absolute atomic E-state index is 0.136. The van der Waals surface area contributed by atoms with Crippen molar-refractivity contribution >= 4 is 39.6 Å².